The molecule has 1 aliphatic carbocycles. The first-order chi connectivity index (χ1) is 12.3. The zero-order valence-electron chi connectivity index (χ0n) is 15.0. The molecule has 1 aliphatic heterocycles. The third kappa shape index (κ3) is 2.28. The molecule has 1 aromatic carbocycles. The van der Waals surface area contributed by atoms with E-state index in [2.05, 4.69) is 63.7 Å². The molecule has 0 spiro atoms. The van der Waals surface area contributed by atoms with Crippen molar-refractivity contribution in [3.05, 3.63) is 41.2 Å². The number of rotatable bonds is 2. The van der Waals surface area contributed by atoms with E-state index in [4.69, 9.17) is 0 Å². The second-order valence-electron chi connectivity index (χ2n) is 7.52. The summed E-state index contributed by atoms with van der Waals surface area (Å²) in [4.78, 5) is 2.35. The van der Waals surface area contributed by atoms with Gasteiger partial charge in [0.25, 0.3) is 0 Å². The molecular weight excluding hydrogens is 437 g/mol. The van der Waals surface area contributed by atoms with E-state index in [0.29, 0.717) is 6.04 Å². The van der Waals surface area contributed by atoms with Crippen molar-refractivity contribution in [2.75, 3.05) is 0 Å². The maximum Gasteiger partial charge on any atom is 0.121 e. The van der Waals surface area contributed by atoms with Gasteiger partial charge in [0, 0.05) is 17.1 Å². The first-order valence-corrected chi connectivity index (χ1v) is 9.87. The molecule has 1 N–H and O–H groups in total. The van der Waals surface area contributed by atoms with Crippen molar-refractivity contribution in [1.82, 2.24) is 15.1 Å². The van der Waals surface area contributed by atoms with Crippen LogP contribution in [0.1, 0.15) is 37.9 Å². The first-order valence-electron chi connectivity index (χ1n) is 8.79. The Morgan fingerprint density at radius 3 is 2.65 bits per heavy atom. The lowest BCUT2D eigenvalue weighted by atomic mass is 9.66. The highest BCUT2D eigenvalue weighted by Crippen LogP contribution is 2.54. The number of H-pyrrole nitrogens is 1. The summed E-state index contributed by atoms with van der Waals surface area (Å²) in [7, 11) is 0. The highest BCUT2D eigenvalue weighted by atomic mass is 127. The van der Waals surface area contributed by atoms with Crippen LogP contribution in [0.4, 0.5) is 0 Å². The Labute approximate surface area is 166 Å². The molecule has 1 saturated carbocycles. The number of nitrogens with zero attached hydrogens (tertiary/aromatic N) is 4. The van der Waals surface area contributed by atoms with E-state index in [9.17, 15) is 10.5 Å². The fourth-order valence-electron chi connectivity index (χ4n) is 4.39. The molecule has 2 heterocycles. The minimum absolute atomic E-state index is 0.442. The van der Waals surface area contributed by atoms with Crippen molar-refractivity contribution in [2.45, 2.75) is 48.6 Å². The van der Waals surface area contributed by atoms with Crippen LogP contribution in [0.3, 0.4) is 0 Å². The average molecular weight is 457 g/mol. The van der Waals surface area contributed by atoms with Crippen LogP contribution in [-0.2, 0) is 5.41 Å². The molecule has 0 bridgehead atoms. The average Bonchev–Trinajstić information content (AvgIpc) is 3.36. The summed E-state index contributed by atoms with van der Waals surface area (Å²) in [6.07, 6.45) is 4.32. The van der Waals surface area contributed by atoms with E-state index in [1.54, 1.807) is 0 Å². The molecule has 2 aromatic rings. The van der Waals surface area contributed by atoms with Crippen LogP contribution >= 0.6 is 22.6 Å². The molecule has 1 fully saturated rings. The quantitative estimate of drug-likeness (QED) is 0.414. The molecule has 4 rings (SSSR count). The largest absolute Gasteiger partial charge is 0.357 e. The molecule has 2 aliphatic rings. The smallest absolute Gasteiger partial charge is 0.121 e. The summed E-state index contributed by atoms with van der Waals surface area (Å²) in [5.74, 6) is -0.477. The van der Waals surface area contributed by atoms with Crippen molar-refractivity contribution in [3.8, 4) is 12.1 Å². The summed E-state index contributed by atoms with van der Waals surface area (Å²) in [5.41, 5.74) is 2.82. The van der Waals surface area contributed by atoms with E-state index in [-0.39, 0.29) is 0 Å². The van der Waals surface area contributed by atoms with Crippen LogP contribution in [0.25, 0.3) is 10.9 Å². The number of nitriles is 2. The summed E-state index contributed by atoms with van der Waals surface area (Å²) < 4.78 is -0.442. The Hall–Kier alpha value is -2.06. The predicted octanol–water partition coefficient (Wildman–Crippen LogP) is 4.31. The lowest BCUT2D eigenvalue weighted by Crippen LogP contribution is -2.57. The Balaban J connectivity index is 1.96. The lowest BCUT2D eigenvalue weighted by molar-refractivity contribution is 0.155. The van der Waals surface area contributed by atoms with Crippen LogP contribution in [0.5, 0.6) is 0 Å². The van der Waals surface area contributed by atoms with Crippen LogP contribution in [0.2, 0.25) is 0 Å². The van der Waals surface area contributed by atoms with Gasteiger partial charge in [-0.1, -0.05) is 28.7 Å². The maximum absolute atomic E-state index is 10.3. The minimum atomic E-state index is -0.974. The summed E-state index contributed by atoms with van der Waals surface area (Å²) in [6, 6.07) is 11.4. The second kappa shape index (κ2) is 5.72. The van der Waals surface area contributed by atoms with E-state index >= 15 is 0 Å². The number of fused-ring (bicyclic) bond motifs is 1. The van der Waals surface area contributed by atoms with Gasteiger partial charge in [0.1, 0.15) is 14.9 Å². The van der Waals surface area contributed by atoms with Gasteiger partial charge in [0.2, 0.25) is 0 Å². The van der Waals surface area contributed by atoms with Gasteiger partial charge < -0.3 is 4.90 Å². The fraction of sp³-hybridized carbons (Fsp3) is 0.450. The summed E-state index contributed by atoms with van der Waals surface area (Å²) in [6.45, 7) is 6.10. The van der Waals surface area contributed by atoms with Crippen LogP contribution in [-0.4, -0.2) is 24.7 Å². The van der Waals surface area contributed by atoms with Crippen molar-refractivity contribution in [2.24, 2.45) is 5.92 Å². The predicted molar refractivity (Wildman–Crippen MR) is 108 cm³/mol. The van der Waals surface area contributed by atoms with E-state index < -0.39 is 14.9 Å². The topological polar surface area (TPSA) is 79.5 Å². The van der Waals surface area contributed by atoms with E-state index in [1.807, 2.05) is 31.2 Å². The third-order valence-electron chi connectivity index (χ3n) is 5.73. The standard InChI is InChI=1S/C20H20IN5/c1-12-9-20(11-23,14-4-7-17-16(8-14)13(2)24-25-17)18(10-22)19(3,21)26(12)15-5-6-15/h4,7-9,15,18H,5-6H2,1-3H3,(H,24,25). The third-order valence-corrected chi connectivity index (χ3v) is 6.87. The van der Waals surface area contributed by atoms with Gasteiger partial charge >= 0.3 is 0 Å². The lowest BCUT2D eigenvalue weighted by Gasteiger charge is -2.51. The molecule has 6 heteroatoms. The van der Waals surface area contributed by atoms with E-state index in [1.165, 1.54) is 0 Å². The fourth-order valence-corrected chi connectivity index (χ4v) is 5.80. The molecule has 0 radical (unpaired) electrons. The molecule has 0 amide bonds. The molecule has 0 saturated heterocycles. The SMILES string of the molecule is CC1=CC(C#N)(c2ccc3[nH]nc(C)c3c2)C(C#N)C(C)(I)N1C1CC1. The van der Waals surface area contributed by atoms with Crippen LogP contribution in [0.15, 0.2) is 30.0 Å². The van der Waals surface area contributed by atoms with Gasteiger partial charge in [-0.05, 0) is 57.4 Å². The highest BCUT2D eigenvalue weighted by molar-refractivity contribution is 14.1. The molecule has 3 unspecified atom stereocenters. The van der Waals surface area contributed by atoms with Crippen LogP contribution < -0.4 is 0 Å². The maximum atomic E-state index is 10.3. The Morgan fingerprint density at radius 2 is 2.04 bits per heavy atom. The van der Waals surface area contributed by atoms with Crippen molar-refractivity contribution >= 4 is 33.5 Å². The number of halogens is 1. The number of hydrogen-bond donors (Lipinski definition) is 1. The number of aromatic amines is 1. The van der Waals surface area contributed by atoms with Crippen molar-refractivity contribution < 1.29 is 0 Å². The zero-order chi connectivity index (χ0) is 18.7. The van der Waals surface area contributed by atoms with Gasteiger partial charge in [0.15, 0.2) is 0 Å². The number of allylic oxidation sites excluding steroid dienone is 2. The minimum Gasteiger partial charge on any atom is -0.357 e. The van der Waals surface area contributed by atoms with Crippen LogP contribution in [0, 0.1) is 35.5 Å². The normalized spacial score (nSPS) is 31.4. The molecule has 132 valence electrons. The number of alkyl halides is 1. The Bertz CT molecular complexity index is 1000. The van der Waals surface area contributed by atoms with Crippen molar-refractivity contribution in [3.63, 3.8) is 0 Å². The van der Waals surface area contributed by atoms with Crippen molar-refractivity contribution in [1.29, 1.82) is 10.5 Å². The molecular formula is C20H20IN5. The Morgan fingerprint density at radius 1 is 1.31 bits per heavy atom. The van der Waals surface area contributed by atoms with Gasteiger partial charge in [-0.25, -0.2) is 0 Å². The molecule has 3 atom stereocenters. The molecule has 26 heavy (non-hydrogen) atoms. The summed E-state index contributed by atoms with van der Waals surface area (Å²) in [5, 5.41) is 28.7. The van der Waals surface area contributed by atoms with Gasteiger partial charge in [-0.3, -0.25) is 5.10 Å². The number of hydrogen-bond acceptors (Lipinski definition) is 4. The van der Waals surface area contributed by atoms with Gasteiger partial charge in [-0.2, -0.15) is 15.6 Å². The Kier molecular flexibility index (Phi) is 3.82. The zero-order valence-corrected chi connectivity index (χ0v) is 17.2. The highest BCUT2D eigenvalue weighted by Gasteiger charge is 2.57. The van der Waals surface area contributed by atoms with Gasteiger partial charge in [-0.15, -0.1) is 0 Å². The molecule has 1 aromatic heterocycles. The van der Waals surface area contributed by atoms with E-state index in [0.717, 1.165) is 40.7 Å². The second-order valence-corrected chi connectivity index (χ2v) is 9.71. The molecule has 5 nitrogen and oxygen atoms in total. The number of aryl methyl sites for hydroxylation is 1. The summed E-state index contributed by atoms with van der Waals surface area (Å²) >= 11 is 2.38. The van der Waals surface area contributed by atoms with Gasteiger partial charge in [0.05, 0.1) is 23.3 Å². The first kappa shape index (κ1) is 17.4. The monoisotopic (exact) mass is 457 g/mol. The number of aromatic nitrogens is 2. The number of benzene rings is 1. The number of nitrogens with one attached hydrogen (secondary N) is 1.